The number of anilines is 1. The van der Waals surface area contributed by atoms with Crippen molar-refractivity contribution in [2.75, 3.05) is 31.1 Å². The van der Waals surface area contributed by atoms with Gasteiger partial charge in [-0.1, -0.05) is 0 Å². The monoisotopic (exact) mass is 363 g/mol. The average Bonchev–Trinajstić information content (AvgIpc) is 3.15. The molecule has 1 saturated heterocycles. The summed E-state index contributed by atoms with van der Waals surface area (Å²) in [5.41, 5.74) is -0.0701. The number of nitrogens with zero attached hydrogens (tertiary/aromatic N) is 5. The van der Waals surface area contributed by atoms with Gasteiger partial charge in [-0.2, -0.15) is 0 Å². The Morgan fingerprint density at radius 2 is 1.88 bits per heavy atom. The summed E-state index contributed by atoms with van der Waals surface area (Å²) in [6.45, 7) is 4.83. The van der Waals surface area contributed by atoms with Gasteiger partial charge < -0.3 is 4.90 Å². The second kappa shape index (κ2) is 7.11. The first kappa shape index (κ1) is 17.2. The molecule has 0 spiro atoms. The minimum Gasteiger partial charge on any atom is -0.363 e. The Kier molecular flexibility index (Phi) is 4.91. The molecule has 0 saturated carbocycles. The predicted octanol–water partition coefficient (Wildman–Crippen LogP) is 2.84. The molecule has 10 heteroatoms. The van der Waals surface area contributed by atoms with Crippen molar-refractivity contribution in [2.45, 2.75) is 13.0 Å². The zero-order valence-electron chi connectivity index (χ0n) is 13.6. The zero-order valence-corrected chi connectivity index (χ0v) is 14.4. The van der Waals surface area contributed by atoms with Crippen LogP contribution in [0.2, 0.25) is 0 Å². The molecule has 0 bridgehead atoms. The van der Waals surface area contributed by atoms with Gasteiger partial charge in [-0.3, -0.25) is 25.1 Å². The number of rotatable bonds is 5. The van der Waals surface area contributed by atoms with Gasteiger partial charge in [0.1, 0.15) is 10.7 Å². The smallest absolute Gasteiger partial charge is 0.299 e. The molecule has 9 nitrogen and oxygen atoms in total. The Morgan fingerprint density at radius 1 is 1.16 bits per heavy atom. The molecule has 1 aromatic heterocycles. The van der Waals surface area contributed by atoms with Gasteiger partial charge in [-0.05, 0) is 13.0 Å². The molecule has 2 aromatic rings. The van der Waals surface area contributed by atoms with E-state index < -0.39 is 9.85 Å². The molecule has 1 aliphatic heterocycles. The van der Waals surface area contributed by atoms with E-state index in [9.17, 15) is 20.2 Å². The van der Waals surface area contributed by atoms with Crippen LogP contribution in [0, 0.1) is 20.2 Å². The summed E-state index contributed by atoms with van der Waals surface area (Å²) in [4.78, 5) is 29.5. The van der Waals surface area contributed by atoms with Crippen LogP contribution in [0.3, 0.4) is 0 Å². The van der Waals surface area contributed by atoms with E-state index in [0.29, 0.717) is 18.8 Å². The summed E-state index contributed by atoms with van der Waals surface area (Å²) in [7, 11) is 0. The lowest BCUT2D eigenvalue weighted by Gasteiger charge is -2.38. The zero-order chi connectivity index (χ0) is 18.0. The molecule has 2 heterocycles. The molecule has 0 radical (unpaired) electrons. The van der Waals surface area contributed by atoms with E-state index in [1.54, 1.807) is 17.5 Å². The molecule has 1 fully saturated rings. The fraction of sp³-hybridized carbons (Fsp3) is 0.400. The van der Waals surface area contributed by atoms with Crippen LogP contribution < -0.4 is 4.90 Å². The van der Waals surface area contributed by atoms with Gasteiger partial charge in [0.15, 0.2) is 0 Å². The third kappa shape index (κ3) is 3.59. The van der Waals surface area contributed by atoms with Gasteiger partial charge in [0, 0.05) is 43.8 Å². The van der Waals surface area contributed by atoms with E-state index in [0.717, 1.165) is 24.2 Å². The number of piperazine rings is 1. The second-order valence-electron chi connectivity index (χ2n) is 5.76. The number of non-ortho nitro benzene ring substituents is 1. The van der Waals surface area contributed by atoms with Crippen LogP contribution in [0.1, 0.15) is 18.0 Å². The van der Waals surface area contributed by atoms with Crippen LogP contribution in [0.4, 0.5) is 17.1 Å². The number of hydrogen-bond acceptors (Lipinski definition) is 8. The van der Waals surface area contributed by atoms with Crippen molar-refractivity contribution in [3.63, 3.8) is 0 Å². The first-order valence-electron chi connectivity index (χ1n) is 7.78. The number of nitro groups is 2. The maximum absolute atomic E-state index is 11.3. The van der Waals surface area contributed by atoms with Gasteiger partial charge in [-0.15, -0.1) is 11.3 Å². The normalized spacial score (nSPS) is 16.6. The summed E-state index contributed by atoms with van der Waals surface area (Å²) in [5.74, 6) is 0. The summed E-state index contributed by atoms with van der Waals surface area (Å²) in [6.07, 6.45) is 1.78. The van der Waals surface area contributed by atoms with E-state index in [4.69, 9.17) is 0 Å². The molecule has 1 atom stereocenters. The second-order valence-corrected chi connectivity index (χ2v) is 6.68. The lowest BCUT2D eigenvalue weighted by Crippen LogP contribution is -2.47. The van der Waals surface area contributed by atoms with Crippen molar-refractivity contribution in [1.82, 2.24) is 9.88 Å². The number of hydrogen-bond donors (Lipinski definition) is 0. The Hall–Kier alpha value is -2.59. The highest BCUT2D eigenvalue weighted by molar-refractivity contribution is 7.09. The van der Waals surface area contributed by atoms with E-state index in [-0.39, 0.29) is 17.4 Å². The van der Waals surface area contributed by atoms with Gasteiger partial charge in [0.25, 0.3) is 11.4 Å². The predicted molar refractivity (Wildman–Crippen MR) is 94.1 cm³/mol. The van der Waals surface area contributed by atoms with Gasteiger partial charge in [0.05, 0.1) is 22.0 Å². The van der Waals surface area contributed by atoms with E-state index in [1.807, 2.05) is 10.3 Å². The summed E-state index contributed by atoms with van der Waals surface area (Å²) >= 11 is 1.61. The van der Waals surface area contributed by atoms with Gasteiger partial charge in [-0.25, -0.2) is 4.98 Å². The molecule has 3 rings (SSSR count). The lowest BCUT2D eigenvalue weighted by molar-refractivity contribution is -0.393. The van der Waals surface area contributed by atoms with Crippen LogP contribution in [0.15, 0.2) is 29.8 Å². The summed E-state index contributed by atoms with van der Waals surface area (Å²) in [5, 5.41) is 25.2. The average molecular weight is 363 g/mol. The topological polar surface area (TPSA) is 106 Å². The number of aromatic nitrogens is 1. The molecule has 0 N–H and O–H groups in total. The highest BCUT2D eigenvalue weighted by Crippen LogP contribution is 2.33. The Morgan fingerprint density at radius 3 is 2.44 bits per heavy atom. The lowest BCUT2D eigenvalue weighted by atomic mass is 10.1. The third-order valence-electron chi connectivity index (χ3n) is 4.38. The van der Waals surface area contributed by atoms with E-state index in [1.165, 1.54) is 12.1 Å². The van der Waals surface area contributed by atoms with Crippen LogP contribution in [0.5, 0.6) is 0 Å². The largest absolute Gasteiger partial charge is 0.363 e. The fourth-order valence-corrected chi connectivity index (χ4v) is 3.72. The third-order valence-corrected chi connectivity index (χ3v) is 5.32. The van der Waals surface area contributed by atoms with Crippen molar-refractivity contribution in [2.24, 2.45) is 0 Å². The van der Waals surface area contributed by atoms with Crippen LogP contribution in [-0.2, 0) is 0 Å². The van der Waals surface area contributed by atoms with Gasteiger partial charge in [0.2, 0.25) is 0 Å². The molecule has 0 aliphatic carbocycles. The molecule has 25 heavy (non-hydrogen) atoms. The van der Waals surface area contributed by atoms with Crippen molar-refractivity contribution in [3.8, 4) is 0 Å². The van der Waals surface area contributed by atoms with Crippen molar-refractivity contribution in [1.29, 1.82) is 0 Å². The number of nitro benzene ring substituents is 2. The first-order chi connectivity index (χ1) is 12.0. The maximum Gasteiger partial charge on any atom is 0.299 e. The molecular weight excluding hydrogens is 346 g/mol. The standard InChI is InChI=1S/C15H17N5O4S/c1-11(15-16-4-9-25-15)17-5-7-18(8-6-17)13-3-2-12(19(21)22)10-14(13)20(23)24/h2-4,9-11H,5-8H2,1H3. The van der Waals surface area contributed by atoms with Crippen molar-refractivity contribution in [3.05, 3.63) is 55.0 Å². The highest BCUT2D eigenvalue weighted by Gasteiger charge is 2.28. The minimum absolute atomic E-state index is 0.203. The Bertz CT molecular complexity index is 774. The molecule has 132 valence electrons. The first-order valence-corrected chi connectivity index (χ1v) is 8.66. The number of benzene rings is 1. The van der Waals surface area contributed by atoms with E-state index >= 15 is 0 Å². The van der Waals surface area contributed by atoms with E-state index in [2.05, 4.69) is 16.8 Å². The minimum atomic E-state index is -0.621. The SMILES string of the molecule is CC(c1nccs1)N1CCN(c2ccc([N+](=O)[O-])cc2[N+](=O)[O-])CC1. The molecule has 1 unspecified atom stereocenters. The molecular formula is C15H17N5O4S. The van der Waals surface area contributed by atoms with Crippen molar-refractivity contribution >= 4 is 28.4 Å². The molecule has 1 aliphatic rings. The van der Waals surface area contributed by atoms with Crippen LogP contribution >= 0.6 is 11.3 Å². The fourth-order valence-electron chi connectivity index (χ4n) is 2.99. The van der Waals surface area contributed by atoms with Crippen LogP contribution in [-0.4, -0.2) is 45.9 Å². The summed E-state index contributed by atoms with van der Waals surface area (Å²) in [6, 6.07) is 4.01. The van der Waals surface area contributed by atoms with Crippen LogP contribution in [0.25, 0.3) is 0 Å². The molecule has 1 aromatic carbocycles. The number of thiazole rings is 1. The maximum atomic E-state index is 11.3. The molecule has 0 amide bonds. The highest BCUT2D eigenvalue weighted by atomic mass is 32.1. The van der Waals surface area contributed by atoms with Gasteiger partial charge >= 0.3 is 0 Å². The quantitative estimate of drug-likeness (QED) is 0.594. The Labute approximate surface area is 147 Å². The van der Waals surface area contributed by atoms with Crippen molar-refractivity contribution < 1.29 is 9.85 Å². The Balaban J connectivity index is 1.74. The summed E-state index contributed by atoms with van der Waals surface area (Å²) < 4.78 is 0.